The highest BCUT2D eigenvalue weighted by Crippen LogP contribution is 2.29. The van der Waals surface area contributed by atoms with Crippen molar-refractivity contribution in [2.45, 2.75) is 19.6 Å². The summed E-state index contributed by atoms with van der Waals surface area (Å²) in [4.78, 5) is 6.69. The van der Waals surface area contributed by atoms with Crippen LogP contribution in [0.1, 0.15) is 28.9 Å². The summed E-state index contributed by atoms with van der Waals surface area (Å²) in [6.45, 7) is 4.83. The zero-order valence-corrected chi connectivity index (χ0v) is 15.7. The number of para-hydroxylation sites is 1. The van der Waals surface area contributed by atoms with Crippen LogP contribution in [0.2, 0.25) is 0 Å². The van der Waals surface area contributed by atoms with E-state index in [0.29, 0.717) is 38.0 Å². The van der Waals surface area contributed by atoms with E-state index in [2.05, 4.69) is 15.0 Å². The van der Waals surface area contributed by atoms with Crippen molar-refractivity contribution >= 4 is 0 Å². The summed E-state index contributed by atoms with van der Waals surface area (Å²) in [7, 11) is 0. The van der Waals surface area contributed by atoms with E-state index in [0.717, 1.165) is 16.9 Å². The summed E-state index contributed by atoms with van der Waals surface area (Å²) in [5.74, 6) is 1.37. The zero-order valence-electron chi connectivity index (χ0n) is 15.7. The fourth-order valence-electron chi connectivity index (χ4n) is 3.32. The Bertz CT molecular complexity index is 925. The van der Waals surface area contributed by atoms with Crippen molar-refractivity contribution in [2.24, 2.45) is 0 Å². The molecular formula is C21H22FN3O3. The molecule has 2 heterocycles. The lowest BCUT2D eigenvalue weighted by atomic mass is 10.0. The largest absolute Gasteiger partial charge is 0.485 e. The number of morpholine rings is 1. The first-order valence-corrected chi connectivity index (χ1v) is 9.29. The van der Waals surface area contributed by atoms with E-state index in [4.69, 9.17) is 14.0 Å². The molecule has 1 atom stereocenters. The molecule has 0 amide bonds. The Morgan fingerprint density at radius 2 is 1.96 bits per heavy atom. The fraction of sp³-hybridized carbons (Fsp3) is 0.333. The maximum atomic E-state index is 13.8. The number of benzene rings is 2. The second-order valence-corrected chi connectivity index (χ2v) is 6.71. The van der Waals surface area contributed by atoms with E-state index in [9.17, 15) is 4.39 Å². The van der Waals surface area contributed by atoms with Crippen LogP contribution >= 0.6 is 0 Å². The average Bonchev–Trinajstić information content (AvgIpc) is 3.17. The van der Waals surface area contributed by atoms with Gasteiger partial charge in [0.2, 0.25) is 11.7 Å². The van der Waals surface area contributed by atoms with E-state index in [1.54, 1.807) is 6.07 Å². The number of nitrogens with zero attached hydrogens (tertiary/aromatic N) is 3. The van der Waals surface area contributed by atoms with Crippen LogP contribution in [-0.2, 0) is 11.3 Å². The minimum atomic E-state index is -0.320. The fourth-order valence-corrected chi connectivity index (χ4v) is 3.32. The molecule has 28 heavy (non-hydrogen) atoms. The van der Waals surface area contributed by atoms with Crippen molar-refractivity contribution in [3.8, 4) is 5.75 Å². The molecule has 6 nitrogen and oxygen atoms in total. The molecule has 1 aromatic heterocycles. The third kappa shape index (κ3) is 4.21. The molecule has 0 radical (unpaired) electrons. The molecule has 7 heteroatoms. The summed E-state index contributed by atoms with van der Waals surface area (Å²) in [6, 6.07) is 13.9. The minimum Gasteiger partial charge on any atom is -0.485 e. The second kappa shape index (κ2) is 8.50. The molecule has 3 aromatic rings. The van der Waals surface area contributed by atoms with Crippen molar-refractivity contribution in [3.05, 3.63) is 77.2 Å². The normalized spacial score (nSPS) is 16.1. The number of aryl methyl sites for hydroxylation is 1. The Balaban J connectivity index is 1.56. The minimum absolute atomic E-state index is 0.202. The highest BCUT2D eigenvalue weighted by Gasteiger charge is 2.29. The zero-order chi connectivity index (χ0) is 19.3. The molecule has 146 valence electrons. The van der Waals surface area contributed by atoms with Crippen LogP contribution in [0, 0.1) is 12.7 Å². The van der Waals surface area contributed by atoms with Crippen LogP contribution in [0.4, 0.5) is 4.39 Å². The van der Waals surface area contributed by atoms with Gasteiger partial charge in [0.05, 0.1) is 13.2 Å². The lowest BCUT2D eigenvalue weighted by Gasteiger charge is -2.32. The summed E-state index contributed by atoms with van der Waals surface area (Å²) in [5, 5.41) is 4.06. The first kappa shape index (κ1) is 18.6. The molecule has 1 aliphatic rings. The molecule has 1 saturated heterocycles. The van der Waals surface area contributed by atoms with Gasteiger partial charge in [-0.1, -0.05) is 35.5 Å². The predicted molar refractivity (Wildman–Crippen MR) is 100 cm³/mol. The van der Waals surface area contributed by atoms with Gasteiger partial charge in [0.25, 0.3) is 0 Å². The summed E-state index contributed by atoms with van der Waals surface area (Å²) in [5.41, 5.74) is 1.81. The third-order valence-corrected chi connectivity index (χ3v) is 4.74. The highest BCUT2D eigenvalue weighted by atomic mass is 19.1. The SMILES string of the molecule is Cc1ccccc1OCc1noc(C(c2cccc(F)c2)N2CCOCC2)n1. The average molecular weight is 383 g/mol. The smallest absolute Gasteiger partial charge is 0.248 e. The molecular weight excluding hydrogens is 361 g/mol. The van der Waals surface area contributed by atoms with E-state index in [-0.39, 0.29) is 18.5 Å². The van der Waals surface area contributed by atoms with Crippen LogP contribution < -0.4 is 4.74 Å². The van der Waals surface area contributed by atoms with Crippen LogP contribution in [0.15, 0.2) is 53.1 Å². The monoisotopic (exact) mass is 383 g/mol. The molecule has 0 N–H and O–H groups in total. The summed E-state index contributed by atoms with van der Waals surface area (Å²) >= 11 is 0. The van der Waals surface area contributed by atoms with Gasteiger partial charge in [-0.2, -0.15) is 4.98 Å². The Labute approximate surface area is 162 Å². The lowest BCUT2D eigenvalue weighted by molar-refractivity contribution is 0.0180. The topological polar surface area (TPSA) is 60.6 Å². The van der Waals surface area contributed by atoms with Gasteiger partial charge in [-0.3, -0.25) is 4.90 Å². The Morgan fingerprint density at radius 1 is 1.14 bits per heavy atom. The first-order chi connectivity index (χ1) is 13.7. The molecule has 1 unspecified atom stereocenters. The first-order valence-electron chi connectivity index (χ1n) is 9.29. The summed E-state index contributed by atoms with van der Waals surface area (Å²) < 4.78 is 30.6. The Kier molecular flexibility index (Phi) is 5.64. The van der Waals surface area contributed by atoms with Crippen LogP contribution in [0.5, 0.6) is 5.75 Å². The quantitative estimate of drug-likeness (QED) is 0.649. The molecule has 1 aliphatic heterocycles. The van der Waals surface area contributed by atoms with Gasteiger partial charge in [-0.05, 0) is 36.2 Å². The van der Waals surface area contributed by atoms with Crippen molar-refractivity contribution in [1.82, 2.24) is 15.0 Å². The summed E-state index contributed by atoms with van der Waals surface area (Å²) in [6.07, 6.45) is 0. The number of ether oxygens (including phenoxy) is 2. The van der Waals surface area contributed by atoms with Gasteiger partial charge >= 0.3 is 0 Å². The predicted octanol–water partition coefficient (Wildman–Crippen LogP) is 3.52. The van der Waals surface area contributed by atoms with Gasteiger partial charge < -0.3 is 14.0 Å². The van der Waals surface area contributed by atoms with E-state index >= 15 is 0 Å². The van der Waals surface area contributed by atoms with Gasteiger partial charge in [-0.25, -0.2) is 4.39 Å². The van der Waals surface area contributed by atoms with Crippen LogP contribution in [0.25, 0.3) is 0 Å². The van der Waals surface area contributed by atoms with Crippen molar-refractivity contribution in [1.29, 1.82) is 0 Å². The van der Waals surface area contributed by atoms with Crippen LogP contribution in [-0.4, -0.2) is 41.3 Å². The molecule has 4 rings (SSSR count). The van der Waals surface area contributed by atoms with Gasteiger partial charge in [0.1, 0.15) is 17.6 Å². The number of hydrogen-bond acceptors (Lipinski definition) is 6. The number of hydrogen-bond donors (Lipinski definition) is 0. The Hall–Kier alpha value is -2.77. The third-order valence-electron chi connectivity index (χ3n) is 4.74. The van der Waals surface area contributed by atoms with Crippen molar-refractivity contribution in [3.63, 3.8) is 0 Å². The molecule has 0 aliphatic carbocycles. The maximum absolute atomic E-state index is 13.8. The van der Waals surface area contributed by atoms with Crippen molar-refractivity contribution in [2.75, 3.05) is 26.3 Å². The number of aromatic nitrogens is 2. The van der Waals surface area contributed by atoms with E-state index in [1.807, 2.05) is 37.3 Å². The Morgan fingerprint density at radius 3 is 2.75 bits per heavy atom. The lowest BCUT2D eigenvalue weighted by Crippen LogP contribution is -2.39. The molecule has 0 spiro atoms. The highest BCUT2D eigenvalue weighted by molar-refractivity contribution is 5.31. The standard InChI is InChI=1S/C21H22FN3O3/c1-15-5-2-3-8-18(15)27-14-19-23-21(28-24-19)20(25-9-11-26-12-10-25)16-6-4-7-17(22)13-16/h2-8,13,20H,9-12,14H2,1H3. The van der Waals surface area contributed by atoms with E-state index < -0.39 is 0 Å². The van der Waals surface area contributed by atoms with Crippen LogP contribution in [0.3, 0.4) is 0 Å². The van der Waals surface area contributed by atoms with Crippen molar-refractivity contribution < 1.29 is 18.4 Å². The van der Waals surface area contributed by atoms with E-state index in [1.165, 1.54) is 12.1 Å². The number of rotatable bonds is 6. The van der Waals surface area contributed by atoms with Gasteiger partial charge in [0.15, 0.2) is 6.61 Å². The molecule has 0 saturated carbocycles. The molecule has 2 aromatic carbocycles. The maximum Gasteiger partial charge on any atom is 0.248 e. The van der Waals surface area contributed by atoms with Gasteiger partial charge in [-0.15, -0.1) is 0 Å². The number of halogens is 1. The second-order valence-electron chi connectivity index (χ2n) is 6.71. The van der Waals surface area contributed by atoms with Gasteiger partial charge in [0, 0.05) is 13.1 Å². The molecule has 1 fully saturated rings. The molecule has 0 bridgehead atoms.